The minimum atomic E-state index is 0.466. The van der Waals surface area contributed by atoms with E-state index in [1.165, 1.54) is 55.2 Å². The summed E-state index contributed by atoms with van der Waals surface area (Å²) in [7, 11) is 0. The van der Waals surface area contributed by atoms with Crippen LogP contribution in [0.1, 0.15) is 64.4 Å². The highest BCUT2D eigenvalue weighted by molar-refractivity contribution is 5.14. The average Bonchev–Trinajstić information content (AvgIpc) is 2.57. The second-order valence-corrected chi connectivity index (χ2v) is 6.79. The molecule has 1 heterocycles. The Morgan fingerprint density at radius 1 is 0.957 bits per heavy atom. The van der Waals surface area contributed by atoms with Crippen molar-refractivity contribution in [2.45, 2.75) is 71.5 Å². The molecule has 128 valence electrons. The van der Waals surface area contributed by atoms with Crippen LogP contribution in [0.25, 0.3) is 0 Å². The van der Waals surface area contributed by atoms with E-state index in [0.29, 0.717) is 6.10 Å². The molecule has 0 bridgehead atoms. The molecule has 1 aromatic carbocycles. The van der Waals surface area contributed by atoms with Crippen molar-refractivity contribution in [2.75, 3.05) is 13.2 Å². The number of unbranched alkanes of at least 4 members (excludes halogenated alkanes) is 4. The van der Waals surface area contributed by atoms with Crippen molar-refractivity contribution in [3.8, 4) is 0 Å². The molecular formula is C21H32O2. The van der Waals surface area contributed by atoms with E-state index in [-0.39, 0.29) is 0 Å². The van der Waals surface area contributed by atoms with Gasteiger partial charge < -0.3 is 9.47 Å². The molecule has 1 aliphatic rings. The first-order valence-electron chi connectivity index (χ1n) is 9.14. The van der Waals surface area contributed by atoms with Gasteiger partial charge in [0.05, 0.1) is 19.3 Å². The van der Waals surface area contributed by atoms with Crippen LogP contribution >= 0.6 is 0 Å². The molecule has 0 aromatic heterocycles. The molecule has 2 nitrogen and oxygen atoms in total. The second-order valence-electron chi connectivity index (χ2n) is 6.79. The normalized spacial score (nSPS) is 18.4. The van der Waals surface area contributed by atoms with Crippen LogP contribution in [0, 0.1) is 0 Å². The maximum Gasteiger partial charge on any atom is 0.0716 e. The summed E-state index contributed by atoms with van der Waals surface area (Å²) in [5.41, 5.74) is 4.23. The SMILES string of the molecule is CC1=C(C)C[C@H](CCCCCCCOCc2ccccc2)OC1. The summed E-state index contributed by atoms with van der Waals surface area (Å²) >= 11 is 0. The van der Waals surface area contributed by atoms with E-state index < -0.39 is 0 Å². The molecule has 23 heavy (non-hydrogen) atoms. The van der Waals surface area contributed by atoms with E-state index in [1.54, 1.807) is 0 Å². The summed E-state index contributed by atoms with van der Waals surface area (Å²) in [5, 5.41) is 0. The zero-order valence-electron chi connectivity index (χ0n) is 14.9. The van der Waals surface area contributed by atoms with Crippen molar-refractivity contribution in [3.05, 3.63) is 47.0 Å². The van der Waals surface area contributed by atoms with Crippen LogP contribution in [-0.4, -0.2) is 19.3 Å². The lowest BCUT2D eigenvalue weighted by molar-refractivity contribution is 0.0503. The molecule has 1 aromatic rings. The van der Waals surface area contributed by atoms with Crippen molar-refractivity contribution < 1.29 is 9.47 Å². The van der Waals surface area contributed by atoms with Crippen LogP contribution < -0.4 is 0 Å². The standard InChI is InChI=1S/C21H32O2/c1-18-15-21(23-16-19(18)2)13-9-4-3-5-10-14-22-17-20-11-7-6-8-12-20/h6-8,11-12,21H,3-5,9-10,13-17H2,1-2H3/t21-/m0/s1. The monoisotopic (exact) mass is 316 g/mol. The van der Waals surface area contributed by atoms with Crippen molar-refractivity contribution >= 4 is 0 Å². The molecule has 0 unspecified atom stereocenters. The van der Waals surface area contributed by atoms with Crippen LogP contribution in [0.5, 0.6) is 0 Å². The molecule has 1 atom stereocenters. The van der Waals surface area contributed by atoms with E-state index in [0.717, 1.165) is 26.2 Å². The first-order valence-corrected chi connectivity index (χ1v) is 9.14. The zero-order valence-corrected chi connectivity index (χ0v) is 14.9. The molecule has 0 saturated carbocycles. The fraction of sp³-hybridized carbons (Fsp3) is 0.619. The topological polar surface area (TPSA) is 18.5 Å². The molecule has 0 saturated heterocycles. The minimum absolute atomic E-state index is 0.466. The highest BCUT2D eigenvalue weighted by Gasteiger charge is 2.16. The van der Waals surface area contributed by atoms with Gasteiger partial charge in [-0.2, -0.15) is 0 Å². The molecule has 0 fully saturated rings. The largest absolute Gasteiger partial charge is 0.377 e. The van der Waals surface area contributed by atoms with E-state index in [2.05, 4.69) is 38.1 Å². The minimum Gasteiger partial charge on any atom is -0.377 e. The highest BCUT2D eigenvalue weighted by Crippen LogP contribution is 2.23. The number of rotatable bonds is 10. The summed E-state index contributed by atoms with van der Waals surface area (Å²) in [6.07, 6.45) is 9.20. The quantitative estimate of drug-likeness (QED) is 0.409. The molecular weight excluding hydrogens is 284 g/mol. The van der Waals surface area contributed by atoms with Gasteiger partial charge in [0, 0.05) is 6.61 Å². The smallest absolute Gasteiger partial charge is 0.0716 e. The van der Waals surface area contributed by atoms with Gasteiger partial charge >= 0.3 is 0 Å². The first kappa shape index (κ1) is 18.2. The molecule has 2 rings (SSSR count). The van der Waals surface area contributed by atoms with Gasteiger partial charge in [0.15, 0.2) is 0 Å². The van der Waals surface area contributed by atoms with E-state index in [4.69, 9.17) is 9.47 Å². The zero-order chi connectivity index (χ0) is 16.3. The Labute approximate surface area is 141 Å². The van der Waals surface area contributed by atoms with Crippen LogP contribution in [0.3, 0.4) is 0 Å². The van der Waals surface area contributed by atoms with Gasteiger partial charge in [0.25, 0.3) is 0 Å². The lowest BCUT2D eigenvalue weighted by Gasteiger charge is -2.25. The molecule has 0 spiro atoms. The third-order valence-corrected chi connectivity index (χ3v) is 4.72. The first-order chi connectivity index (χ1) is 11.3. The molecule has 0 amide bonds. The molecule has 0 N–H and O–H groups in total. The number of benzene rings is 1. The summed E-state index contributed by atoms with van der Waals surface area (Å²) in [5.74, 6) is 0. The Bertz CT molecular complexity index is 464. The van der Waals surface area contributed by atoms with Gasteiger partial charge in [-0.1, -0.05) is 61.6 Å². The maximum absolute atomic E-state index is 5.88. The lowest BCUT2D eigenvalue weighted by atomic mass is 9.98. The van der Waals surface area contributed by atoms with Gasteiger partial charge in [-0.05, 0) is 44.2 Å². The van der Waals surface area contributed by atoms with Crippen molar-refractivity contribution in [1.82, 2.24) is 0 Å². The third-order valence-electron chi connectivity index (χ3n) is 4.72. The van der Waals surface area contributed by atoms with Crippen LogP contribution in [0.15, 0.2) is 41.5 Å². The number of ether oxygens (including phenoxy) is 2. The predicted octanol–water partition coefficient (Wildman–Crippen LogP) is 5.67. The maximum atomic E-state index is 5.88. The number of hydrogen-bond donors (Lipinski definition) is 0. The van der Waals surface area contributed by atoms with E-state index in [1.807, 2.05) is 6.07 Å². The average molecular weight is 316 g/mol. The van der Waals surface area contributed by atoms with E-state index >= 15 is 0 Å². The predicted molar refractivity (Wildman–Crippen MR) is 96.5 cm³/mol. The number of hydrogen-bond acceptors (Lipinski definition) is 2. The van der Waals surface area contributed by atoms with Gasteiger partial charge in [0.1, 0.15) is 0 Å². The Hall–Kier alpha value is -1.12. The second kappa shape index (κ2) is 10.6. The molecule has 1 aliphatic heterocycles. The Morgan fingerprint density at radius 2 is 1.70 bits per heavy atom. The summed E-state index contributed by atoms with van der Waals surface area (Å²) < 4.78 is 11.6. The lowest BCUT2D eigenvalue weighted by Crippen LogP contribution is -2.20. The Morgan fingerprint density at radius 3 is 2.48 bits per heavy atom. The Balaban J connectivity index is 1.40. The van der Waals surface area contributed by atoms with Crippen molar-refractivity contribution in [2.24, 2.45) is 0 Å². The fourth-order valence-corrected chi connectivity index (χ4v) is 3.00. The van der Waals surface area contributed by atoms with Gasteiger partial charge in [0.2, 0.25) is 0 Å². The van der Waals surface area contributed by atoms with Gasteiger partial charge in [-0.25, -0.2) is 0 Å². The highest BCUT2D eigenvalue weighted by atomic mass is 16.5. The van der Waals surface area contributed by atoms with Crippen molar-refractivity contribution in [3.63, 3.8) is 0 Å². The summed E-state index contributed by atoms with van der Waals surface area (Å²) in [6, 6.07) is 10.4. The summed E-state index contributed by atoms with van der Waals surface area (Å²) in [4.78, 5) is 0. The van der Waals surface area contributed by atoms with Gasteiger partial charge in [-0.3, -0.25) is 0 Å². The summed E-state index contributed by atoms with van der Waals surface area (Å²) in [6.45, 7) is 6.90. The fourth-order valence-electron chi connectivity index (χ4n) is 3.00. The molecule has 0 radical (unpaired) electrons. The van der Waals surface area contributed by atoms with Crippen LogP contribution in [0.4, 0.5) is 0 Å². The van der Waals surface area contributed by atoms with Crippen LogP contribution in [0.2, 0.25) is 0 Å². The molecule has 0 aliphatic carbocycles. The Kier molecular flexibility index (Phi) is 8.41. The molecule has 2 heteroatoms. The van der Waals surface area contributed by atoms with E-state index in [9.17, 15) is 0 Å². The third kappa shape index (κ3) is 7.32. The van der Waals surface area contributed by atoms with Crippen molar-refractivity contribution in [1.29, 1.82) is 0 Å². The van der Waals surface area contributed by atoms with Gasteiger partial charge in [-0.15, -0.1) is 0 Å². The van der Waals surface area contributed by atoms with Crippen LogP contribution in [-0.2, 0) is 16.1 Å².